The molecule has 3 rings (SSSR count). The van der Waals surface area contributed by atoms with Crippen molar-refractivity contribution in [3.05, 3.63) is 35.9 Å². The SMILES string of the molecule is O=C(CN(CCc1ccccc1)C1CCCC1)NCC(=O)N1CCCC1. The first-order valence-corrected chi connectivity index (χ1v) is 10.0. The molecule has 0 bridgehead atoms. The zero-order chi connectivity index (χ0) is 18.2. The molecule has 1 saturated carbocycles. The Morgan fingerprint density at radius 3 is 2.42 bits per heavy atom. The molecule has 0 aromatic heterocycles. The van der Waals surface area contributed by atoms with E-state index in [4.69, 9.17) is 0 Å². The van der Waals surface area contributed by atoms with Gasteiger partial charge in [-0.05, 0) is 37.7 Å². The number of benzene rings is 1. The van der Waals surface area contributed by atoms with E-state index in [-0.39, 0.29) is 18.4 Å². The molecule has 0 radical (unpaired) electrons. The Morgan fingerprint density at radius 2 is 1.73 bits per heavy atom. The summed E-state index contributed by atoms with van der Waals surface area (Å²) in [5, 5.41) is 2.84. The summed E-state index contributed by atoms with van der Waals surface area (Å²) in [6.45, 7) is 3.09. The smallest absolute Gasteiger partial charge is 0.241 e. The normalized spacial score (nSPS) is 17.8. The fourth-order valence-electron chi connectivity index (χ4n) is 4.07. The highest BCUT2D eigenvalue weighted by Crippen LogP contribution is 2.23. The van der Waals surface area contributed by atoms with Gasteiger partial charge in [0.05, 0.1) is 13.1 Å². The highest BCUT2D eigenvalue weighted by Gasteiger charge is 2.25. The van der Waals surface area contributed by atoms with E-state index < -0.39 is 0 Å². The molecule has 0 atom stereocenters. The fraction of sp³-hybridized carbons (Fsp3) is 0.619. The van der Waals surface area contributed by atoms with E-state index in [0.29, 0.717) is 12.6 Å². The molecule has 1 N–H and O–H groups in total. The number of nitrogens with one attached hydrogen (secondary N) is 1. The molecular formula is C21H31N3O2. The van der Waals surface area contributed by atoms with E-state index >= 15 is 0 Å². The van der Waals surface area contributed by atoms with Crippen molar-refractivity contribution in [2.45, 2.75) is 51.0 Å². The van der Waals surface area contributed by atoms with Crippen LogP contribution in [0.5, 0.6) is 0 Å². The van der Waals surface area contributed by atoms with Gasteiger partial charge in [0.25, 0.3) is 0 Å². The maximum atomic E-state index is 12.4. The molecule has 2 fully saturated rings. The van der Waals surface area contributed by atoms with Gasteiger partial charge in [0.1, 0.15) is 0 Å². The molecule has 5 heteroatoms. The van der Waals surface area contributed by atoms with Crippen LogP contribution in [-0.4, -0.2) is 60.4 Å². The highest BCUT2D eigenvalue weighted by atomic mass is 16.2. The average molecular weight is 357 g/mol. The Bertz CT molecular complexity index is 578. The molecule has 5 nitrogen and oxygen atoms in total. The minimum absolute atomic E-state index is 0.0301. The summed E-state index contributed by atoms with van der Waals surface area (Å²) in [5.74, 6) is 0.0186. The van der Waals surface area contributed by atoms with Gasteiger partial charge in [0.2, 0.25) is 11.8 Å². The van der Waals surface area contributed by atoms with Crippen molar-refractivity contribution in [2.75, 3.05) is 32.7 Å². The van der Waals surface area contributed by atoms with Gasteiger partial charge in [-0.15, -0.1) is 0 Å². The van der Waals surface area contributed by atoms with Crippen LogP contribution in [-0.2, 0) is 16.0 Å². The quantitative estimate of drug-likeness (QED) is 0.776. The monoisotopic (exact) mass is 357 g/mol. The summed E-state index contributed by atoms with van der Waals surface area (Å²) >= 11 is 0. The van der Waals surface area contributed by atoms with E-state index in [1.807, 2.05) is 11.0 Å². The zero-order valence-corrected chi connectivity index (χ0v) is 15.7. The van der Waals surface area contributed by atoms with Crippen molar-refractivity contribution in [1.29, 1.82) is 0 Å². The van der Waals surface area contributed by atoms with E-state index in [1.54, 1.807) is 0 Å². The topological polar surface area (TPSA) is 52.7 Å². The predicted octanol–water partition coefficient (Wildman–Crippen LogP) is 2.21. The van der Waals surface area contributed by atoms with Gasteiger partial charge in [-0.25, -0.2) is 0 Å². The van der Waals surface area contributed by atoms with Crippen LogP contribution in [0.4, 0.5) is 0 Å². The lowest BCUT2D eigenvalue weighted by Gasteiger charge is -2.28. The highest BCUT2D eigenvalue weighted by molar-refractivity contribution is 5.85. The Hall–Kier alpha value is -1.88. The summed E-state index contributed by atoms with van der Waals surface area (Å²) in [6.07, 6.45) is 7.97. The first-order valence-electron chi connectivity index (χ1n) is 10.0. The lowest BCUT2D eigenvalue weighted by atomic mass is 10.1. The van der Waals surface area contributed by atoms with Crippen LogP contribution in [0.25, 0.3) is 0 Å². The molecule has 26 heavy (non-hydrogen) atoms. The van der Waals surface area contributed by atoms with Gasteiger partial charge in [0, 0.05) is 25.7 Å². The van der Waals surface area contributed by atoms with E-state index in [2.05, 4.69) is 34.5 Å². The van der Waals surface area contributed by atoms with Crippen LogP contribution in [0, 0.1) is 0 Å². The molecule has 2 aliphatic rings. The molecule has 1 aliphatic heterocycles. The van der Waals surface area contributed by atoms with E-state index in [1.165, 1.54) is 31.2 Å². The second-order valence-corrected chi connectivity index (χ2v) is 7.51. The largest absolute Gasteiger partial charge is 0.346 e. The third-order valence-electron chi connectivity index (χ3n) is 5.61. The van der Waals surface area contributed by atoms with Gasteiger partial charge in [-0.1, -0.05) is 43.2 Å². The number of rotatable bonds is 8. The number of nitrogens with zero attached hydrogens (tertiary/aromatic N) is 2. The summed E-state index contributed by atoms with van der Waals surface area (Å²) in [7, 11) is 0. The van der Waals surface area contributed by atoms with Crippen LogP contribution >= 0.6 is 0 Å². The zero-order valence-electron chi connectivity index (χ0n) is 15.7. The Morgan fingerprint density at radius 1 is 1.04 bits per heavy atom. The standard InChI is InChI=1S/C21H31N3O2/c25-20(22-16-21(26)23-13-6-7-14-23)17-24(19-10-4-5-11-19)15-12-18-8-2-1-3-9-18/h1-3,8-9,19H,4-7,10-17H2,(H,22,25). The van der Waals surface area contributed by atoms with Crippen molar-refractivity contribution in [3.63, 3.8) is 0 Å². The summed E-state index contributed by atoms with van der Waals surface area (Å²) in [6, 6.07) is 10.9. The molecule has 0 unspecified atom stereocenters. The average Bonchev–Trinajstić information content (AvgIpc) is 3.38. The molecule has 1 saturated heterocycles. The van der Waals surface area contributed by atoms with Crippen molar-refractivity contribution in [2.24, 2.45) is 0 Å². The minimum Gasteiger partial charge on any atom is -0.346 e. The molecule has 1 aromatic rings. The number of amides is 2. The van der Waals surface area contributed by atoms with Crippen molar-refractivity contribution < 1.29 is 9.59 Å². The number of carbonyl (C=O) groups excluding carboxylic acids is 2. The molecule has 1 heterocycles. The fourth-order valence-corrected chi connectivity index (χ4v) is 4.07. The van der Waals surface area contributed by atoms with Crippen molar-refractivity contribution >= 4 is 11.8 Å². The lowest BCUT2D eigenvalue weighted by molar-refractivity contribution is -0.132. The Balaban J connectivity index is 1.47. The Labute approximate surface area is 156 Å². The Kier molecular flexibility index (Phi) is 7.06. The van der Waals surface area contributed by atoms with Gasteiger partial charge < -0.3 is 10.2 Å². The minimum atomic E-state index is -0.0301. The van der Waals surface area contributed by atoms with E-state index in [0.717, 1.165) is 38.9 Å². The van der Waals surface area contributed by atoms with Gasteiger partial charge in [-0.3, -0.25) is 14.5 Å². The summed E-state index contributed by atoms with van der Waals surface area (Å²) in [4.78, 5) is 28.7. The second-order valence-electron chi connectivity index (χ2n) is 7.51. The van der Waals surface area contributed by atoms with Crippen molar-refractivity contribution in [1.82, 2.24) is 15.1 Å². The van der Waals surface area contributed by atoms with Crippen LogP contribution in [0.2, 0.25) is 0 Å². The first-order chi connectivity index (χ1) is 12.7. The van der Waals surface area contributed by atoms with Gasteiger partial charge in [0.15, 0.2) is 0 Å². The van der Waals surface area contributed by atoms with Crippen LogP contribution < -0.4 is 5.32 Å². The molecule has 0 spiro atoms. The van der Waals surface area contributed by atoms with Crippen LogP contribution in [0.1, 0.15) is 44.1 Å². The number of likely N-dealkylation sites (tertiary alicyclic amines) is 1. The molecule has 142 valence electrons. The van der Waals surface area contributed by atoms with Gasteiger partial charge in [-0.2, -0.15) is 0 Å². The summed E-state index contributed by atoms with van der Waals surface area (Å²) < 4.78 is 0. The lowest BCUT2D eigenvalue weighted by Crippen LogP contribution is -2.45. The molecule has 1 aliphatic carbocycles. The van der Waals surface area contributed by atoms with Crippen LogP contribution in [0.3, 0.4) is 0 Å². The van der Waals surface area contributed by atoms with E-state index in [9.17, 15) is 9.59 Å². The molecular weight excluding hydrogens is 326 g/mol. The maximum absolute atomic E-state index is 12.4. The third kappa shape index (κ3) is 5.56. The first kappa shape index (κ1) is 18.9. The number of carbonyl (C=O) groups is 2. The number of hydrogen-bond acceptors (Lipinski definition) is 3. The second kappa shape index (κ2) is 9.72. The van der Waals surface area contributed by atoms with Crippen molar-refractivity contribution in [3.8, 4) is 0 Å². The number of hydrogen-bond donors (Lipinski definition) is 1. The summed E-state index contributed by atoms with van der Waals surface area (Å²) in [5.41, 5.74) is 1.31. The third-order valence-corrected chi connectivity index (χ3v) is 5.61. The molecule has 2 amide bonds. The van der Waals surface area contributed by atoms with Gasteiger partial charge >= 0.3 is 0 Å². The molecule has 1 aromatic carbocycles. The predicted molar refractivity (Wildman–Crippen MR) is 103 cm³/mol. The maximum Gasteiger partial charge on any atom is 0.241 e. The van der Waals surface area contributed by atoms with Crippen LogP contribution in [0.15, 0.2) is 30.3 Å².